The molecule has 0 aliphatic rings. The first-order chi connectivity index (χ1) is 12.3. The molecule has 0 aliphatic carbocycles. The van der Waals surface area contributed by atoms with Crippen LogP contribution in [0.4, 0.5) is 0 Å². The van der Waals surface area contributed by atoms with Gasteiger partial charge in [0.05, 0.1) is 23.1 Å². The molecule has 2 N–H and O–H groups in total. The van der Waals surface area contributed by atoms with Crippen LogP contribution in [0.2, 0.25) is 0 Å². The van der Waals surface area contributed by atoms with Crippen LogP contribution in [0.1, 0.15) is 20.7 Å². The van der Waals surface area contributed by atoms with Crippen molar-refractivity contribution in [3.63, 3.8) is 0 Å². The molecule has 2 aromatic rings. The van der Waals surface area contributed by atoms with E-state index in [-0.39, 0.29) is 29.2 Å². The molecule has 0 heterocycles. The van der Waals surface area contributed by atoms with Gasteiger partial charge in [0.1, 0.15) is 19.0 Å². The van der Waals surface area contributed by atoms with Crippen LogP contribution < -0.4 is 9.88 Å². The lowest BCUT2D eigenvalue weighted by molar-refractivity contribution is 0.0438. The summed E-state index contributed by atoms with van der Waals surface area (Å²) in [7, 11) is -2.54. The summed E-state index contributed by atoms with van der Waals surface area (Å²) in [6.45, 7) is -0.0217. The number of carbonyl (C=O) groups is 2. The van der Waals surface area contributed by atoms with Crippen molar-refractivity contribution in [3.8, 4) is 5.75 Å². The summed E-state index contributed by atoms with van der Waals surface area (Å²) in [6.07, 6.45) is 0. The number of nitrogens with two attached hydrogens (primary N) is 1. The largest absolute Gasteiger partial charge is 0.490 e. The van der Waals surface area contributed by atoms with Gasteiger partial charge in [0.25, 0.3) is 0 Å². The van der Waals surface area contributed by atoms with E-state index in [0.717, 1.165) is 0 Å². The maximum absolute atomic E-state index is 12.1. The molecular weight excluding hydrogens is 362 g/mol. The molecule has 0 aliphatic heterocycles. The number of methoxy groups -OCH3 is 1. The Hall–Kier alpha value is -2.91. The average Bonchev–Trinajstić information content (AvgIpc) is 2.64. The maximum Gasteiger partial charge on any atom is 0.339 e. The highest BCUT2D eigenvalue weighted by molar-refractivity contribution is 7.89. The Morgan fingerprint density at radius 2 is 1.50 bits per heavy atom. The van der Waals surface area contributed by atoms with Gasteiger partial charge < -0.3 is 14.2 Å². The van der Waals surface area contributed by atoms with Crippen molar-refractivity contribution in [2.45, 2.75) is 4.90 Å². The number of hydrogen-bond donors (Lipinski definition) is 1. The summed E-state index contributed by atoms with van der Waals surface area (Å²) in [6, 6.07) is 11.6. The van der Waals surface area contributed by atoms with Crippen LogP contribution >= 0.6 is 0 Å². The van der Waals surface area contributed by atoms with Gasteiger partial charge in [-0.3, -0.25) is 0 Å². The van der Waals surface area contributed by atoms with Gasteiger partial charge in [0, 0.05) is 0 Å². The quantitative estimate of drug-likeness (QED) is 0.569. The Bertz CT molecular complexity index is 892. The third kappa shape index (κ3) is 5.04. The Morgan fingerprint density at radius 1 is 0.923 bits per heavy atom. The summed E-state index contributed by atoms with van der Waals surface area (Å²) in [4.78, 5) is 23.7. The minimum Gasteiger partial charge on any atom is -0.490 e. The lowest BCUT2D eigenvalue weighted by Crippen LogP contribution is -2.16. The van der Waals surface area contributed by atoms with Crippen LogP contribution in [0.25, 0.3) is 0 Å². The molecule has 9 heteroatoms. The Kier molecular flexibility index (Phi) is 6.31. The van der Waals surface area contributed by atoms with E-state index in [1.807, 2.05) is 0 Å². The molecule has 0 bridgehead atoms. The van der Waals surface area contributed by atoms with E-state index in [2.05, 4.69) is 4.74 Å². The predicted molar refractivity (Wildman–Crippen MR) is 91.4 cm³/mol. The number of primary sulfonamides is 1. The smallest absolute Gasteiger partial charge is 0.339 e. The molecule has 138 valence electrons. The molecule has 0 fully saturated rings. The zero-order valence-corrected chi connectivity index (χ0v) is 14.7. The topological polar surface area (TPSA) is 122 Å². The predicted octanol–water partition coefficient (Wildman–Crippen LogP) is 1.36. The van der Waals surface area contributed by atoms with E-state index in [9.17, 15) is 18.0 Å². The standard InChI is InChI=1S/C17H17NO7S/c1-23-16(19)14-4-2-3-5-15(14)17(20)25-11-10-24-12-6-8-13(9-7-12)26(18,21)22/h2-9H,10-11H2,1H3,(H2,18,21,22). The zero-order valence-electron chi connectivity index (χ0n) is 13.9. The average molecular weight is 379 g/mol. The molecular formula is C17H17NO7S. The second-order valence-electron chi connectivity index (χ2n) is 5.04. The fourth-order valence-corrected chi connectivity index (χ4v) is 2.56. The van der Waals surface area contributed by atoms with Crippen molar-refractivity contribution in [2.75, 3.05) is 20.3 Å². The van der Waals surface area contributed by atoms with Crippen LogP contribution in [0.5, 0.6) is 5.75 Å². The number of hydrogen-bond acceptors (Lipinski definition) is 7. The fraction of sp³-hybridized carbons (Fsp3) is 0.176. The molecule has 2 rings (SSSR count). The van der Waals surface area contributed by atoms with Gasteiger partial charge in [0.15, 0.2) is 0 Å². The Morgan fingerprint density at radius 3 is 2.04 bits per heavy atom. The van der Waals surface area contributed by atoms with Gasteiger partial charge in [-0.15, -0.1) is 0 Å². The van der Waals surface area contributed by atoms with E-state index in [4.69, 9.17) is 14.6 Å². The van der Waals surface area contributed by atoms with Crippen LogP contribution in [-0.4, -0.2) is 40.7 Å². The highest BCUT2D eigenvalue weighted by atomic mass is 32.2. The minimum absolute atomic E-state index is 0.0318. The lowest BCUT2D eigenvalue weighted by Gasteiger charge is -2.09. The molecule has 0 amide bonds. The van der Waals surface area contributed by atoms with Crippen LogP contribution in [-0.2, 0) is 19.5 Å². The van der Waals surface area contributed by atoms with Crippen molar-refractivity contribution in [3.05, 3.63) is 59.7 Å². The second kappa shape index (κ2) is 8.45. The molecule has 2 aromatic carbocycles. The van der Waals surface area contributed by atoms with Gasteiger partial charge in [-0.25, -0.2) is 23.1 Å². The number of carbonyl (C=O) groups excluding carboxylic acids is 2. The molecule has 8 nitrogen and oxygen atoms in total. The second-order valence-corrected chi connectivity index (χ2v) is 6.60. The highest BCUT2D eigenvalue weighted by Crippen LogP contribution is 2.15. The monoisotopic (exact) mass is 379 g/mol. The molecule has 0 saturated carbocycles. The van der Waals surface area contributed by atoms with Gasteiger partial charge in [-0.1, -0.05) is 12.1 Å². The van der Waals surface area contributed by atoms with Crippen molar-refractivity contribution in [2.24, 2.45) is 5.14 Å². The van der Waals surface area contributed by atoms with Crippen molar-refractivity contribution >= 4 is 22.0 Å². The molecule has 0 radical (unpaired) electrons. The lowest BCUT2D eigenvalue weighted by atomic mass is 10.1. The highest BCUT2D eigenvalue weighted by Gasteiger charge is 2.18. The summed E-state index contributed by atoms with van der Waals surface area (Å²) >= 11 is 0. The third-order valence-corrected chi connectivity index (χ3v) is 4.22. The number of rotatable bonds is 7. The molecule has 0 saturated heterocycles. The van der Waals surface area contributed by atoms with Crippen LogP contribution in [0, 0.1) is 0 Å². The van der Waals surface area contributed by atoms with E-state index in [0.29, 0.717) is 5.75 Å². The van der Waals surface area contributed by atoms with E-state index < -0.39 is 22.0 Å². The van der Waals surface area contributed by atoms with Gasteiger partial charge >= 0.3 is 11.9 Å². The first-order valence-corrected chi connectivity index (χ1v) is 8.97. The van der Waals surface area contributed by atoms with Gasteiger partial charge in [0.2, 0.25) is 10.0 Å². The summed E-state index contributed by atoms with van der Waals surface area (Å²) in [5, 5.41) is 5.00. The summed E-state index contributed by atoms with van der Waals surface area (Å²) in [5.74, 6) is -0.925. The van der Waals surface area contributed by atoms with Crippen LogP contribution in [0.3, 0.4) is 0 Å². The fourth-order valence-electron chi connectivity index (χ4n) is 2.05. The molecule has 0 unspecified atom stereocenters. The van der Waals surface area contributed by atoms with E-state index in [1.165, 1.54) is 43.5 Å². The van der Waals surface area contributed by atoms with Gasteiger partial charge in [-0.05, 0) is 36.4 Å². The third-order valence-electron chi connectivity index (χ3n) is 3.29. The number of sulfonamides is 1. The minimum atomic E-state index is -3.76. The Balaban J connectivity index is 1.89. The summed E-state index contributed by atoms with van der Waals surface area (Å²) < 4.78 is 37.4. The number of esters is 2. The molecule has 0 aromatic heterocycles. The normalized spacial score (nSPS) is 10.8. The number of ether oxygens (including phenoxy) is 3. The van der Waals surface area contributed by atoms with E-state index in [1.54, 1.807) is 12.1 Å². The first kappa shape index (κ1) is 19.4. The van der Waals surface area contributed by atoms with Crippen LogP contribution in [0.15, 0.2) is 53.4 Å². The number of benzene rings is 2. The van der Waals surface area contributed by atoms with Crippen molar-refractivity contribution in [1.29, 1.82) is 0 Å². The molecule has 0 atom stereocenters. The van der Waals surface area contributed by atoms with Crippen molar-refractivity contribution < 1.29 is 32.2 Å². The maximum atomic E-state index is 12.1. The summed E-state index contributed by atoms with van der Waals surface area (Å²) in [5.41, 5.74) is 0.205. The Labute approximate surface area is 150 Å². The van der Waals surface area contributed by atoms with E-state index >= 15 is 0 Å². The zero-order chi connectivity index (χ0) is 19.2. The SMILES string of the molecule is COC(=O)c1ccccc1C(=O)OCCOc1ccc(S(N)(=O)=O)cc1. The van der Waals surface area contributed by atoms with Crippen molar-refractivity contribution in [1.82, 2.24) is 0 Å². The molecule has 26 heavy (non-hydrogen) atoms. The first-order valence-electron chi connectivity index (χ1n) is 7.43. The molecule has 0 spiro atoms. The van der Waals surface area contributed by atoms with Gasteiger partial charge in [-0.2, -0.15) is 0 Å².